The summed E-state index contributed by atoms with van der Waals surface area (Å²) in [5, 5.41) is 11.3. The molecule has 1 N–H and O–H groups in total. The summed E-state index contributed by atoms with van der Waals surface area (Å²) in [4.78, 5) is 14.9. The monoisotopic (exact) mass is 208 g/mol. The van der Waals surface area contributed by atoms with Crippen LogP contribution in [0.4, 0.5) is 0 Å². The minimum atomic E-state index is -0.272. The highest BCUT2D eigenvalue weighted by Gasteiger charge is 2.05. The Morgan fingerprint density at radius 2 is 2.53 bits per heavy atom. The third-order valence-corrected chi connectivity index (χ3v) is 1.93. The van der Waals surface area contributed by atoms with E-state index < -0.39 is 0 Å². The Kier molecular flexibility index (Phi) is 4.28. The van der Waals surface area contributed by atoms with Crippen molar-refractivity contribution < 1.29 is 14.7 Å². The van der Waals surface area contributed by atoms with Crippen molar-refractivity contribution in [1.82, 2.24) is 4.98 Å². The Hall–Kier alpha value is -1.91. The van der Waals surface area contributed by atoms with E-state index in [0.29, 0.717) is 12.1 Å². The van der Waals surface area contributed by atoms with E-state index in [-0.39, 0.29) is 12.4 Å². The lowest BCUT2D eigenvalue weighted by Crippen LogP contribution is -2.04. The summed E-state index contributed by atoms with van der Waals surface area (Å²) in [6.45, 7) is 0. The highest BCUT2D eigenvalue weighted by atomic mass is 16.5. The van der Waals surface area contributed by atoms with Crippen molar-refractivity contribution in [2.75, 3.05) is 7.11 Å². The second kappa shape index (κ2) is 5.74. The molecule has 0 fully saturated rings. The number of hydrogen-bond acceptors (Lipinski definition) is 5. The zero-order chi connectivity index (χ0) is 11.1. The van der Waals surface area contributed by atoms with E-state index in [1.807, 2.05) is 6.07 Å². The van der Waals surface area contributed by atoms with Crippen molar-refractivity contribution in [3.8, 4) is 0 Å². The minimum absolute atomic E-state index is 0.272. The Labute approximate surface area is 87.4 Å². The van der Waals surface area contributed by atoms with E-state index in [1.54, 1.807) is 12.3 Å². The Bertz CT molecular complexity index is 363. The highest BCUT2D eigenvalue weighted by molar-refractivity contribution is 5.79. The molecule has 0 saturated heterocycles. The van der Waals surface area contributed by atoms with Crippen molar-refractivity contribution in [2.24, 2.45) is 5.16 Å². The topological polar surface area (TPSA) is 71.8 Å². The summed E-state index contributed by atoms with van der Waals surface area (Å²) < 4.78 is 4.53. The molecule has 0 aliphatic heterocycles. The fourth-order valence-electron chi connectivity index (χ4n) is 1.17. The Morgan fingerprint density at radius 3 is 3.20 bits per heavy atom. The van der Waals surface area contributed by atoms with E-state index in [4.69, 9.17) is 5.21 Å². The van der Waals surface area contributed by atoms with Crippen LogP contribution in [-0.4, -0.2) is 29.5 Å². The maximum atomic E-state index is 10.9. The molecule has 0 bridgehead atoms. The molecule has 0 aliphatic carbocycles. The van der Waals surface area contributed by atoms with Gasteiger partial charge in [0.25, 0.3) is 0 Å². The summed E-state index contributed by atoms with van der Waals surface area (Å²) in [6, 6.07) is 3.59. The molecule has 0 saturated carbocycles. The van der Waals surface area contributed by atoms with Crippen LogP contribution in [0.2, 0.25) is 0 Å². The van der Waals surface area contributed by atoms with Crippen LogP contribution in [0.1, 0.15) is 17.7 Å². The first-order valence-electron chi connectivity index (χ1n) is 4.46. The number of esters is 1. The van der Waals surface area contributed by atoms with Gasteiger partial charge < -0.3 is 9.94 Å². The fourth-order valence-corrected chi connectivity index (χ4v) is 1.17. The zero-order valence-corrected chi connectivity index (χ0v) is 8.38. The summed E-state index contributed by atoms with van der Waals surface area (Å²) in [5.41, 5.74) is 1.41. The average Bonchev–Trinajstić information content (AvgIpc) is 2.28. The second-order valence-electron chi connectivity index (χ2n) is 2.87. The molecule has 80 valence electrons. The van der Waals surface area contributed by atoms with Gasteiger partial charge in [-0.2, -0.15) is 0 Å². The molecule has 1 aromatic rings. The number of aromatic nitrogens is 1. The lowest BCUT2D eigenvalue weighted by Gasteiger charge is -2.02. The van der Waals surface area contributed by atoms with Crippen LogP contribution in [0, 0.1) is 0 Å². The van der Waals surface area contributed by atoms with Gasteiger partial charge in [-0.1, -0.05) is 11.2 Å². The summed E-state index contributed by atoms with van der Waals surface area (Å²) >= 11 is 0. The number of nitrogens with zero attached hydrogens (tertiary/aromatic N) is 2. The highest BCUT2D eigenvalue weighted by Crippen LogP contribution is 2.06. The Morgan fingerprint density at radius 1 is 1.73 bits per heavy atom. The van der Waals surface area contributed by atoms with Crippen LogP contribution in [-0.2, 0) is 16.0 Å². The van der Waals surface area contributed by atoms with E-state index in [9.17, 15) is 4.79 Å². The lowest BCUT2D eigenvalue weighted by atomic mass is 10.1. The van der Waals surface area contributed by atoms with Crippen molar-refractivity contribution in [3.63, 3.8) is 0 Å². The molecule has 1 aromatic heterocycles. The molecule has 0 aromatic carbocycles. The van der Waals surface area contributed by atoms with Gasteiger partial charge in [0.15, 0.2) is 0 Å². The Balaban J connectivity index is 2.71. The number of carbonyl (C=O) groups excluding carboxylic acids is 1. The van der Waals surface area contributed by atoms with Crippen LogP contribution in [0.15, 0.2) is 23.5 Å². The van der Waals surface area contributed by atoms with Crippen LogP contribution in [0.3, 0.4) is 0 Å². The zero-order valence-electron chi connectivity index (χ0n) is 8.38. The van der Waals surface area contributed by atoms with Gasteiger partial charge in [0.1, 0.15) is 0 Å². The lowest BCUT2D eigenvalue weighted by molar-refractivity contribution is -0.140. The van der Waals surface area contributed by atoms with Crippen molar-refractivity contribution in [2.45, 2.75) is 12.8 Å². The van der Waals surface area contributed by atoms with Crippen molar-refractivity contribution >= 4 is 12.2 Å². The third kappa shape index (κ3) is 3.38. The van der Waals surface area contributed by atoms with Gasteiger partial charge in [0.05, 0.1) is 19.0 Å². The molecule has 0 atom stereocenters. The number of hydrogen-bond donors (Lipinski definition) is 1. The molecule has 5 heteroatoms. The molecule has 0 spiro atoms. The average molecular weight is 208 g/mol. The fraction of sp³-hybridized carbons (Fsp3) is 0.300. The van der Waals surface area contributed by atoms with Gasteiger partial charge in [-0.25, -0.2) is 0 Å². The molecule has 0 unspecified atom stereocenters. The van der Waals surface area contributed by atoms with Crippen molar-refractivity contribution in [3.05, 3.63) is 29.6 Å². The molecule has 0 amide bonds. The second-order valence-corrected chi connectivity index (χ2v) is 2.87. The number of oxime groups is 1. The van der Waals surface area contributed by atoms with Crippen LogP contribution >= 0.6 is 0 Å². The first-order valence-corrected chi connectivity index (χ1v) is 4.46. The smallest absolute Gasteiger partial charge is 0.305 e. The third-order valence-electron chi connectivity index (χ3n) is 1.93. The van der Waals surface area contributed by atoms with Gasteiger partial charge in [-0.15, -0.1) is 0 Å². The number of carbonyl (C=O) groups is 1. The predicted octanol–water partition coefficient (Wildman–Crippen LogP) is 0.995. The molecule has 1 rings (SSSR count). The van der Waals surface area contributed by atoms with Gasteiger partial charge >= 0.3 is 5.97 Å². The summed E-state index contributed by atoms with van der Waals surface area (Å²) in [5.74, 6) is -0.272. The largest absolute Gasteiger partial charge is 0.469 e. The van der Waals surface area contributed by atoms with E-state index in [0.717, 1.165) is 5.56 Å². The van der Waals surface area contributed by atoms with Crippen LogP contribution in [0.25, 0.3) is 0 Å². The van der Waals surface area contributed by atoms with Crippen molar-refractivity contribution in [1.29, 1.82) is 0 Å². The first kappa shape index (κ1) is 11.2. The van der Waals surface area contributed by atoms with E-state index in [1.165, 1.54) is 13.3 Å². The quantitative estimate of drug-likeness (QED) is 0.346. The minimum Gasteiger partial charge on any atom is -0.469 e. The van der Waals surface area contributed by atoms with E-state index in [2.05, 4.69) is 14.9 Å². The molecular weight excluding hydrogens is 196 g/mol. The summed E-state index contributed by atoms with van der Waals surface area (Å²) in [6.07, 6.45) is 3.64. The van der Waals surface area contributed by atoms with Gasteiger partial charge in [0, 0.05) is 12.6 Å². The standard InChI is InChI=1S/C10H12N2O3/c1-15-10(13)5-4-8-3-2-6-11-9(8)7-12-14/h2-3,6-7,14H,4-5H2,1H3/b12-7+. The van der Waals surface area contributed by atoms with Gasteiger partial charge in [-0.3, -0.25) is 9.78 Å². The van der Waals surface area contributed by atoms with Gasteiger partial charge in [-0.05, 0) is 18.1 Å². The number of pyridine rings is 1. The maximum absolute atomic E-state index is 10.9. The number of methoxy groups -OCH3 is 1. The molecule has 5 nitrogen and oxygen atoms in total. The van der Waals surface area contributed by atoms with E-state index >= 15 is 0 Å². The number of aryl methyl sites for hydroxylation is 1. The predicted molar refractivity (Wildman–Crippen MR) is 54.0 cm³/mol. The first-order chi connectivity index (χ1) is 7.27. The van der Waals surface area contributed by atoms with Crippen LogP contribution in [0.5, 0.6) is 0 Å². The summed E-state index contributed by atoms with van der Waals surface area (Å²) in [7, 11) is 1.35. The molecule has 0 aliphatic rings. The molecule has 15 heavy (non-hydrogen) atoms. The molecule has 1 heterocycles. The SMILES string of the molecule is COC(=O)CCc1cccnc1/C=N/O. The molecule has 0 radical (unpaired) electrons. The number of rotatable bonds is 4. The number of ether oxygens (including phenoxy) is 1. The molecular formula is C10H12N2O3. The normalized spacial score (nSPS) is 10.5. The van der Waals surface area contributed by atoms with Crippen LogP contribution < -0.4 is 0 Å². The maximum Gasteiger partial charge on any atom is 0.305 e. The van der Waals surface area contributed by atoms with Gasteiger partial charge in [0.2, 0.25) is 0 Å².